The quantitative estimate of drug-likeness (QED) is 0.556. The van der Waals surface area contributed by atoms with E-state index in [2.05, 4.69) is 66.1 Å². The standard InChI is InChI=1S/C20H24B2/c1-5-8-9-16(6-2)17(7-3)11-10-15(4)18-12-19(21)14-20(22)13-18/h5-14H,2-3,21-22H2,1,4H3/b8-5-,15-10+,16-9+,17-11+. The van der Waals surface area contributed by atoms with Crippen molar-refractivity contribution in [1.29, 1.82) is 0 Å². The summed E-state index contributed by atoms with van der Waals surface area (Å²) in [5.74, 6) is 0. The Bertz CT molecular complexity index is 651. The van der Waals surface area contributed by atoms with Gasteiger partial charge in [-0.2, -0.15) is 0 Å². The van der Waals surface area contributed by atoms with Crippen molar-refractivity contribution in [3.8, 4) is 0 Å². The van der Waals surface area contributed by atoms with Crippen molar-refractivity contribution in [3.05, 3.63) is 90.6 Å². The number of allylic oxidation sites excluding steroid dienone is 10. The molecule has 0 aliphatic carbocycles. The minimum Gasteiger partial charge on any atom is -0.0984 e. The molecule has 1 rings (SSSR count). The third-order valence-electron chi connectivity index (χ3n) is 3.43. The van der Waals surface area contributed by atoms with E-state index in [1.807, 2.05) is 37.3 Å². The fraction of sp³-hybridized carbons (Fsp3) is 0.100. The van der Waals surface area contributed by atoms with Gasteiger partial charge in [0.05, 0.1) is 0 Å². The average Bonchev–Trinajstić information content (AvgIpc) is 2.49. The molecule has 0 radical (unpaired) electrons. The molecule has 0 saturated carbocycles. The summed E-state index contributed by atoms with van der Waals surface area (Å²) in [7, 11) is 4.26. The first-order valence-electron chi connectivity index (χ1n) is 7.57. The SMILES string of the molecule is Bc1cc(B)cc(/C(C)=C/C=C(C=C)/C(C=C)=C/C=C\C)c1. The van der Waals surface area contributed by atoms with Gasteiger partial charge in [0.25, 0.3) is 0 Å². The summed E-state index contributed by atoms with van der Waals surface area (Å²) in [5.41, 5.74) is 7.20. The predicted octanol–water partition coefficient (Wildman–Crippen LogP) is 2.41. The van der Waals surface area contributed by atoms with Crippen molar-refractivity contribution < 1.29 is 0 Å². The molecule has 1 aromatic carbocycles. The zero-order valence-corrected chi connectivity index (χ0v) is 14.2. The summed E-state index contributed by atoms with van der Waals surface area (Å²) in [5, 5.41) is 0. The molecule has 110 valence electrons. The van der Waals surface area contributed by atoms with Crippen molar-refractivity contribution in [3.63, 3.8) is 0 Å². The maximum Gasteiger partial charge on any atom is 0.139 e. The molecule has 0 spiro atoms. The maximum atomic E-state index is 3.91. The van der Waals surface area contributed by atoms with Gasteiger partial charge in [0.1, 0.15) is 15.7 Å². The van der Waals surface area contributed by atoms with Gasteiger partial charge >= 0.3 is 0 Å². The second kappa shape index (κ2) is 8.94. The van der Waals surface area contributed by atoms with Gasteiger partial charge in [0.2, 0.25) is 0 Å². The molecular formula is C20H24B2. The Kier molecular flexibility index (Phi) is 7.25. The Labute approximate surface area is 137 Å². The lowest BCUT2D eigenvalue weighted by Gasteiger charge is -2.06. The van der Waals surface area contributed by atoms with Crippen molar-refractivity contribution >= 4 is 32.2 Å². The van der Waals surface area contributed by atoms with Crippen LogP contribution in [0.25, 0.3) is 5.57 Å². The lowest BCUT2D eigenvalue weighted by atomic mass is 9.84. The molecule has 0 heterocycles. The van der Waals surface area contributed by atoms with E-state index in [0.717, 1.165) is 11.1 Å². The van der Waals surface area contributed by atoms with Gasteiger partial charge < -0.3 is 0 Å². The maximum absolute atomic E-state index is 3.91. The Morgan fingerprint density at radius 2 is 1.45 bits per heavy atom. The summed E-state index contributed by atoms with van der Waals surface area (Å²) in [6.07, 6.45) is 14.0. The zero-order chi connectivity index (χ0) is 16.5. The summed E-state index contributed by atoms with van der Waals surface area (Å²) >= 11 is 0. The van der Waals surface area contributed by atoms with E-state index in [0.29, 0.717) is 0 Å². The Morgan fingerprint density at radius 1 is 0.909 bits per heavy atom. The summed E-state index contributed by atoms with van der Waals surface area (Å²) in [6, 6.07) is 6.62. The topological polar surface area (TPSA) is 0 Å². The third-order valence-corrected chi connectivity index (χ3v) is 3.43. The van der Waals surface area contributed by atoms with Crippen LogP contribution in [-0.2, 0) is 0 Å². The molecule has 0 saturated heterocycles. The van der Waals surface area contributed by atoms with Gasteiger partial charge in [-0.05, 0) is 36.1 Å². The Morgan fingerprint density at radius 3 is 1.95 bits per heavy atom. The molecule has 0 amide bonds. The number of benzene rings is 1. The van der Waals surface area contributed by atoms with Crippen LogP contribution in [-0.4, -0.2) is 15.7 Å². The molecular weight excluding hydrogens is 262 g/mol. The van der Waals surface area contributed by atoms with Gasteiger partial charge in [0, 0.05) is 0 Å². The van der Waals surface area contributed by atoms with Crippen LogP contribution in [0, 0.1) is 0 Å². The van der Waals surface area contributed by atoms with Crippen LogP contribution in [0.5, 0.6) is 0 Å². The predicted molar refractivity (Wildman–Crippen MR) is 108 cm³/mol. The summed E-state index contributed by atoms with van der Waals surface area (Å²) < 4.78 is 0. The normalized spacial score (nSPS) is 13.5. The third kappa shape index (κ3) is 5.29. The highest BCUT2D eigenvalue weighted by Gasteiger charge is 1.99. The first kappa shape index (κ1) is 17.8. The fourth-order valence-corrected chi connectivity index (χ4v) is 2.28. The second-order valence-electron chi connectivity index (χ2n) is 5.40. The van der Waals surface area contributed by atoms with Gasteiger partial charge in [0.15, 0.2) is 0 Å². The highest BCUT2D eigenvalue weighted by atomic mass is 14.0. The van der Waals surface area contributed by atoms with E-state index in [4.69, 9.17) is 0 Å². The molecule has 22 heavy (non-hydrogen) atoms. The van der Waals surface area contributed by atoms with Crippen LogP contribution in [0.2, 0.25) is 0 Å². The van der Waals surface area contributed by atoms with Gasteiger partial charge in [-0.15, -0.1) is 0 Å². The fourth-order valence-electron chi connectivity index (χ4n) is 2.28. The van der Waals surface area contributed by atoms with E-state index in [1.54, 1.807) is 0 Å². The monoisotopic (exact) mass is 286 g/mol. The smallest absolute Gasteiger partial charge is 0.0984 e. The van der Waals surface area contributed by atoms with Crippen LogP contribution >= 0.6 is 0 Å². The first-order valence-corrected chi connectivity index (χ1v) is 7.57. The molecule has 0 bridgehead atoms. The summed E-state index contributed by atoms with van der Waals surface area (Å²) in [6.45, 7) is 11.9. The molecule has 0 nitrogen and oxygen atoms in total. The van der Waals surface area contributed by atoms with Crippen molar-refractivity contribution in [2.45, 2.75) is 13.8 Å². The lowest BCUT2D eigenvalue weighted by molar-refractivity contribution is 1.54. The van der Waals surface area contributed by atoms with Crippen LogP contribution in [0.1, 0.15) is 19.4 Å². The second-order valence-corrected chi connectivity index (χ2v) is 5.40. The molecule has 0 atom stereocenters. The Hall–Kier alpha value is -2.21. The van der Waals surface area contributed by atoms with Crippen LogP contribution in [0.15, 0.2) is 85.0 Å². The molecule has 0 N–H and O–H groups in total. The van der Waals surface area contributed by atoms with Gasteiger partial charge in [-0.25, -0.2) is 0 Å². The van der Waals surface area contributed by atoms with E-state index < -0.39 is 0 Å². The van der Waals surface area contributed by atoms with Crippen LogP contribution in [0.4, 0.5) is 0 Å². The highest BCUT2D eigenvalue weighted by Crippen LogP contribution is 2.16. The van der Waals surface area contributed by atoms with Gasteiger partial charge in [-0.1, -0.05) is 84.8 Å². The van der Waals surface area contributed by atoms with Crippen molar-refractivity contribution in [2.24, 2.45) is 0 Å². The lowest BCUT2D eigenvalue weighted by Crippen LogP contribution is -2.14. The number of rotatable bonds is 6. The zero-order valence-electron chi connectivity index (χ0n) is 14.2. The minimum atomic E-state index is 1.07. The summed E-state index contributed by atoms with van der Waals surface area (Å²) in [4.78, 5) is 0. The Balaban J connectivity index is 3.17. The van der Waals surface area contributed by atoms with Crippen LogP contribution in [0.3, 0.4) is 0 Å². The molecule has 0 unspecified atom stereocenters. The largest absolute Gasteiger partial charge is 0.139 e. The van der Waals surface area contributed by atoms with Crippen molar-refractivity contribution in [2.75, 3.05) is 0 Å². The molecule has 0 aliphatic rings. The van der Waals surface area contributed by atoms with E-state index >= 15 is 0 Å². The molecule has 0 aromatic heterocycles. The van der Waals surface area contributed by atoms with Gasteiger partial charge in [-0.3, -0.25) is 0 Å². The molecule has 2 heteroatoms. The minimum absolute atomic E-state index is 1.07. The number of hydrogen-bond donors (Lipinski definition) is 0. The molecule has 0 aliphatic heterocycles. The number of hydrogen-bond acceptors (Lipinski definition) is 0. The van der Waals surface area contributed by atoms with E-state index in [9.17, 15) is 0 Å². The molecule has 0 fully saturated rings. The average molecular weight is 286 g/mol. The van der Waals surface area contributed by atoms with Crippen LogP contribution < -0.4 is 10.9 Å². The highest BCUT2D eigenvalue weighted by molar-refractivity contribution is 6.38. The van der Waals surface area contributed by atoms with E-state index in [1.165, 1.54) is 22.1 Å². The molecule has 1 aromatic rings. The first-order chi connectivity index (χ1) is 10.5. The van der Waals surface area contributed by atoms with Crippen molar-refractivity contribution in [1.82, 2.24) is 0 Å². The van der Waals surface area contributed by atoms with E-state index in [-0.39, 0.29) is 0 Å².